The number of imidazole rings is 1. The van der Waals surface area contributed by atoms with Gasteiger partial charge in [0, 0.05) is 23.7 Å². The summed E-state index contributed by atoms with van der Waals surface area (Å²) in [5.41, 5.74) is 2.86. The van der Waals surface area contributed by atoms with E-state index in [1.54, 1.807) is 0 Å². The van der Waals surface area contributed by atoms with E-state index in [4.69, 9.17) is 4.98 Å². The second-order valence-electron chi connectivity index (χ2n) is 9.08. The number of fused-ring (bicyclic) bond motifs is 3. The molecule has 1 aromatic heterocycles. The van der Waals surface area contributed by atoms with Gasteiger partial charge in [-0.05, 0) is 37.7 Å². The molecule has 3 aromatic carbocycles. The molecule has 2 N–H and O–H groups in total. The quantitative estimate of drug-likeness (QED) is 0.496. The van der Waals surface area contributed by atoms with Gasteiger partial charge in [0.1, 0.15) is 5.82 Å². The highest BCUT2D eigenvalue weighted by molar-refractivity contribution is 6.08. The Kier molecular flexibility index (Phi) is 4.05. The first kappa shape index (κ1) is 19.7. The van der Waals surface area contributed by atoms with E-state index in [0.29, 0.717) is 12.4 Å². The molecule has 0 radical (unpaired) electrons. The number of carbonyl (C=O) groups excluding carboxylic acids is 1. The number of nitrogens with one attached hydrogen (secondary N) is 2. The minimum Gasteiger partial charge on any atom is -0.341 e. The number of para-hydroxylation sites is 3. The highest BCUT2D eigenvalue weighted by Gasteiger charge is 2.73. The fourth-order valence-corrected chi connectivity index (χ4v) is 5.96. The van der Waals surface area contributed by atoms with Crippen LogP contribution in [0, 0.1) is 18.3 Å². The van der Waals surface area contributed by atoms with Crippen molar-refractivity contribution in [2.24, 2.45) is 0 Å². The van der Waals surface area contributed by atoms with E-state index in [2.05, 4.69) is 40.6 Å². The summed E-state index contributed by atoms with van der Waals surface area (Å²) in [7, 11) is 1.94. The summed E-state index contributed by atoms with van der Waals surface area (Å²) in [6.45, 7) is 2.58. The third-order valence-corrected chi connectivity index (χ3v) is 7.44. The number of carbonyl (C=O) groups is 1. The van der Waals surface area contributed by atoms with Crippen molar-refractivity contribution >= 4 is 22.6 Å². The van der Waals surface area contributed by atoms with Gasteiger partial charge in [0.2, 0.25) is 0 Å². The van der Waals surface area contributed by atoms with Gasteiger partial charge in [0.15, 0.2) is 11.0 Å². The number of hydrogen-bond acceptors (Lipinski definition) is 4. The van der Waals surface area contributed by atoms with Crippen LogP contribution in [0.15, 0.2) is 72.8 Å². The zero-order valence-electron chi connectivity index (χ0n) is 18.5. The maximum Gasteiger partial charge on any atom is 0.251 e. The van der Waals surface area contributed by atoms with Crippen LogP contribution in [0.5, 0.6) is 0 Å². The lowest BCUT2D eigenvalue weighted by Crippen LogP contribution is -2.57. The van der Waals surface area contributed by atoms with Crippen LogP contribution in [-0.4, -0.2) is 34.4 Å². The maximum absolute atomic E-state index is 13.9. The van der Waals surface area contributed by atoms with E-state index < -0.39 is 11.0 Å². The normalized spacial score (nSPS) is 26.5. The highest BCUT2D eigenvalue weighted by atomic mass is 16.2. The Morgan fingerprint density at radius 1 is 1.06 bits per heavy atom. The van der Waals surface area contributed by atoms with Crippen LogP contribution < -0.4 is 5.32 Å². The summed E-state index contributed by atoms with van der Waals surface area (Å²) in [5.74, 6) is 0.0568. The predicted molar refractivity (Wildman–Crippen MR) is 127 cm³/mol. The number of benzene rings is 3. The minimum atomic E-state index is -1.27. The van der Waals surface area contributed by atoms with E-state index in [-0.39, 0.29) is 11.8 Å². The molecule has 162 valence electrons. The van der Waals surface area contributed by atoms with Crippen molar-refractivity contribution < 1.29 is 4.79 Å². The van der Waals surface area contributed by atoms with E-state index in [0.717, 1.165) is 33.4 Å². The summed E-state index contributed by atoms with van der Waals surface area (Å²) in [6, 6.07) is 26.3. The van der Waals surface area contributed by atoms with E-state index in [1.165, 1.54) is 0 Å². The third kappa shape index (κ3) is 2.35. The van der Waals surface area contributed by atoms with Gasteiger partial charge >= 0.3 is 0 Å². The monoisotopic (exact) mass is 433 g/mol. The fraction of sp³-hybridized carbons (Fsp3) is 0.222. The molecule has 0 aliphatic carbocycles. The summed E-state index contributed by atoms with van der Waals surface area (Å²) in [5, 5.41) is 14.1. The Labute approximate surface area is 191 Å². The number of H-pyrrole nitrogens is 1. The van der Waals surface area contributed by atoms with Crippen LogP contribution in [-0.2, 0) is 15.7 Å². The average Bonchev–Trinajstić information content (AvgIpc) is 3.47. The minimum absolute atomic E-state index is 0.192. The van der Waals surface area contributed by atoms with E-state index in [9.17, 15) is 10.1 Å². The molecule has 0 saturated carbocycles. The largest absolute Gasteiger partial charge is 0.341 e. The van der Waals surface area contributed by atoms with Gasteiger partial charge in [-0.3, -0.25) is 9.69 Å². The van der Waals surface area contributed by atoms with Gasteiger partial charge in [-0.2, -0.15) is 5.26 Å². The van der Waals surface area contributed by atoms with Crippen molar-refractivity contribution in [3.63, 3.8) is 0 Å². The molecule has 6 heteroatoms. The van der Waals surface area contributed by atoms with Crippen molar-refractivity contribution in [2.45, 2.75) is 23.8 Å². The first-order chi connectivity index (χ1) is 16.0. The Hall–Kier alpha value is -3.95. The standard InChI is InChI=1S/C27H23N5O/c1-17-11-13-18(14-12-17)20-15-32(2)27(19-7-3-4-8-21(19)31-25(27)33)26(20,16-28)24-29-22-9-5-6-10-23(22)30-24/h3-14,20H,15H2,1-2H3,(H,29,30)(H,31,33)/t20-,26-,27+/m1/s1. The molecule has 1 saturated heterocycles. The number of aromatic nitrogens is 2. The first-order valence-electron chi connectivity index (χ1n) is 11.1. The summed E-state index contributed by atoms with van der Waals surface area (Å²) < 4.78 is 0. The van der Waals surface area contributed by atoms with Crippen LogP contribution in [0.25, 0.3) is 11.0 Å². The lowest BCUT2D eigenvalue weighted by molar-refractivity contribution is -0.127. The number of rotatable bonds is 2. The van der Waals surface area contributed by atoms with Crippen molar-refractivity contribution in [2.75, 3.05) is 18.9 Å². The number of aryl methyl sites for hydroxylation is 1. The molecule has 0 unspecified atom stereocenters. The number of likely N-dealkylation sites (tertiary alicyclic amines) is 1. The zero-order chi connectivity index (χ0) is 22.8. The molecule has 0 bridgehead atoms. The molecule has 1 spiro atoms. The van der Waals surface area contributed by atoms with Gasteiger partial charge in [-0.15, -0.1) is 0 Å². The molecular weight excluding hydrogens is 410 g/mol. The Balaban J connectivity index is 1.71. The topological polar surface area (TPSA) is 84.8 Å². The SMILES string of the molecule is Cc1ccc([C@H]2CN(C)[C@@]3(C(=O)Nc4ccccc43)[C@@]2(C#N)c2nc3ccccc3[nH]2)cc1. The number of likely N-dealkylation sites (N-methyl/N-ethyl adjacent to an activating group) is 1. The summed E-state index contributed by atoms with van der Waals surface area (Å²) in [4.78, 5) is 24.3. The number of hydrogen-bond donors (Lipinski definition) is 2. The predicted octanol–water partition coefficient (Wildman–Crippen LogP) is 4.21. The van der Waals surface area contributed by atoms with Gasteiger partial charge < -0.3 is 10.3 Å². The number of nitrogens with zero attached hydrogens (tertiary/aromatic N) is 3. The van der Waals surface area contributed by atoms with Crippen molar-refractivity contribution in [1.29, 1.82) is 5.26 Å². The molecule has 6 rings (SSSR count). The molecule has 1 fully saturated rings. The Bertz CT molecular complexity index is 1420. The van der Waals surface area contributed by atoms with Crippen LogP contribution in [0.2, 0.25) is 0 Å². The summed E-state index contributed by atoms with van der Waals surface area (Å²) >= 11 is 0. The Morgan fingerprint density at radius 3 is 2.55 bits per heavy atom. The highest BCUT2D eigenvalue weighted by Crippen LogP contribution is 2.62. The lowest BCUT2D eigenvalue weighted by atomic mass is 9.61. The molecule has 1 amide bonds. The van der Waals surface area contributed by atoms with Crippen LogP contribution in [0.4, 0.5) is 5.69 Å². The van der Waals surface area contributed by atoms with Crippen LogP contribution in [0.1, 0.15) is 28.4 Å². The van der Waals surface area contributed by atoms with Gasteiger partial charge in [-0.25, -0.2) is 4.98 Å². The van der Waals surface area contributed by atoms with E-state index in [1.807, 2.05) is 67.4 Å². The number of amides is 1. The number of nitriles is 1. The van der Waals surface area contributed by atoms with Crippen molar-refractivity contribution in [1.82, 2.24) is 14.9 Å². The molecular formula is C27H23N5O. The molecule has 2 aliphatic heterocycles. The third-order valence-electron chi connectivity index (χ3n) is 7.44. The second kappa shape index (κ2) is 6.77. The van der Waals surface area contributed by atoms with Crippen molar-refractivity contribution in [3.8, 4) is 6.07 Å². The van der Waals surface area contributed by atoms with Gasteiger partial charge in [0.25, 0.3) is 5.91 Å². The molecule has 33 heavy (non-hydrogen) atoms. The molecule has 3 atom stereocenters. The average molecular weight is 434 g/mol. The van der Waals surface area contributed by atoms with Crippen LogP contribution in [0.3, 0.4) is 0 Å². The van der Waals surface area contributed by atoms with Gasteiger partial charge in [0.05, 0.1) is 17.1 Å². The van der Waals surface area contributed by atoms with Crippen LogP contribution >= 0.6 is 0 Å². The smallest absolute Gasteiger partial charge is 0.251 e. The Morgan fingerprint density at radius 2 is 1.79 bits per heavy atom. The first-order valence-corrected chi connectivity index (χ1v) is 11.1. The zero-order valence-corrected chi connectivity index (χ0v) is 18.5. The molecule has 4 aromatic rings. The number of anilines is 1. The fourth-order valence-electron chi connectivity index (χ4n) is 5.96. The number of aromatic amines is 1. The second-order valence-corrected chi connectivity index (χ2v) is 9.08. The maximum atomic E-state index is 13.9. The van der Waals surface area contributed by atoms with Gasteiger partial charge in [-0.1, -0.05) is 60.2 Å². The summed E-state index contributed by atoms with van der Waals surface area (Å²) in [6.07, 6.45) is 0. The molecule has 2 aliphatic rings. The lowest BCUT2D eigenvalue weighted by Gasteiger charge is -2.41. The molecule has 6 nitrogen and oxygen atoms in total. The van der Waals surface area contributed by atoms with E-state index >= 15 is 0 Å². The van der Waals surface area contributed by atoms with Crippen molar-refractivity contribution in [3.05, 3.63) is 95.3 Å². The molecule has 3 heterocycles.